The maximum absolute atomic E-state index is 12.9. The Hall–Kier alpha value is -2.84. The summed E-state index contributed by atoms with van der Waals surface area (Å²) in [6.07, 6.45) is 1.76. The molecule has 0 bridgehead atoms. The quantitative estimate of drug-likeness (QED) is 0.881. The van der Waals surface area contributed by atoms with Gasteiger partial charge in [-0.1, -0.05) is 30.3 Å². The average Bonchev–Trinajstić information content (AvgIpc) is 3.15. The molecule has 0 aromatic heterocycles. The highest BCUT2D eigenvalue weighted by molar-refractivity contribution is 6.00. The van der Waals surface area contributed by atoms with Gasteiger partial charge in [0, 0.05) is 18.8 Å². The van der Waals surface area contributed by atoms with Crippen molar-refractivity contribution < 1.29 is 9.90 Å². The number of nitrogens with one attached hydrogen (secondary N) is 1. The Bertz CT molecular complexity index is 798. The third-order valence-electron chi connectivity index (χ3n) is 4.61. The van der Waals surface area contributed by atoms with Gasteiger partial charge in [0.1, 0.15) is 0 Å². The average molecular weight is 335 g/mol. The first-order valence-electron chi connectivity index (χ1n) is 8.47. The summed E-state index contributed by atoms with van der Waals surface area (Å²) in [4.78, 5) is 14.6. The van der Waals surface area contributed by atoms with Crippen molar-refractivity contribution in [3.63, 3.8) is 0 Å². The van der Waals surface area contributed by atoms with E-state index in [2.05, 4.69) is 11.4 Å². The molecule has 2 aromatic rings. The van der Waals surface area contributed by atoms with Gasteiger partial charge < -0.3 is 15.3 Å². The molecule has 1 aliphatic rings. The smallest absolute Gasteiger partial charge is 0.256 e. The monoisotopic (exact) mass is 335 g/mol. The zero-order valence-electron chi connectivity index (χ0n) is 14.0. The normalized spacial score (nSPS) is 16.5. The minimum absolute atomic E-state index is 0.00309. The predicted molar refractivity (Wildman–Crippen MR) is 96.1 cm³/mol. The molecule has 25 heavy (non-hydrogen) atoms. The lowest BCUT2D eigenvalue weighted by molar-refractivity contribution is 0.0678. The van der Waals surface area contributed by atoms with E-state index in [1.165, 1.54) is 0 Å². The highest BCUT2D eigenvalue weighted by Gasteiger charge is 2.29. The van der Waals surface area contributed by atoms with E-state index in [0.717, 1.165) is 24.1 Å². The molecular weight excluding hydrogens is 314 g/mol. The number of benzene rings is 2. The first kappa shape index (κ1) is 17.0. The first-order chi connectivity index (χ1) is 12.2. The van der Waals surface area contributed by atoms with Crippen LogP contribution in [0.25, 0.3) is 0 Å². The van der Waals surface area contributed by atoms with Gasteiger partial charge >= 0.3 is 0 Å². The van der Waals surface area contributed by atoms with Gasteiger partial charge in [-0.3, -0.25) is 4.79 Å². The van der Waals surface area contributed by atoms with E-state index >= 15 is 0 Å². The van der Waals surface area contributed by atoms with E-state index in [1.807, 2.05) is 36.4 Å². The van der Waals surface area contributed by atoms with Gasteiger partial charge in [-0.25, -0.2) is 0 Å². The first-order valence-corrected chi connectivity index (χ1v) is 8.47. The van der Waals surface area contributed by atoms with E-state index in [0.29, 0.717) is 24.2 Å². The minimum Gasteiger partial charge on any atom is -0.394 e. The highest BCUT2D eigenvalue weighted by Crippen LogP contribution is 2.24. The van der Waals surface area contributed by atoms with E-state index in [4.69, 9.17) is 0 Å². The maximum atomic E-state index is 12.9. The van der Waals surface area contributed by atoms with E-state index in [1.54, 1.807) is 17.0 Å². The van der Waals surface area contributed by atoms with Gasteiger partial charge in [-0.15, -0.1) is 0 Å². The van der Waals surface area contributed by atoms with Gasteiger partial charge in [-0.2, -0.15) is 5.26 Å². The summed E-state index contributed by atoms with van der Waals surface area (Å²) < 4.78 is 0. The van der Waals surface area contributed by atoms with Crippen molar-refractivity contribution in [3.05, 3.63) is 65.2 Å². The van der Waals surface area contributed by atoms with Crippen molar-refractivity contribution in [2.24, 2.45) is 0 Å². The zero-order valence-corrected chi connectivity index (χ0v) is 14.0. The third-order valence-corrected chi connectivity index (χ3v) is 4.61. The van der Waals surface area contributed by atoms with Crippen LogP contribution in [0, 0.1) is 11.3 Å². The number of nitriles is 1. The topological polar surface area (TPSA) is 76.4 Å². The van der Waals surface area contributed by atoms with Crippen molar-refractivity contribution in [1.82, 2.24) is 4.90 Å². The second kappa shape index (κ2) is 7.82. The van der Waals surface area contributed by atoms with Gasteiger partial charge in [0.15, 0.2) is 0 Å². The summed E-state index contributed by atoms with van der Waals surface area (Å²) >= 11 is 0. The van der Waals surface area contributed by atoms with Crippen molar-refractivity contribution >= 4 is 11.6 Å². The van der Waals surface area contributed by atoms with Crippen molar-refractivity contribution in [1.29, 1.82) is 5.26 Å². The van der Waals surface area contributed by atoms with Crippen molar-refractivity contribution in [3.8, 4) is 6.07 Å². The number of hydrogen-bond acceptors (Lipinski definition) is 4. The van der Waals surface area contributed by atoms with Crippen molar-refractivity contribution in [2.45, 2.75) is 25.4 Å². The Kier molecular flexibility index (Phi) is 5.32. The van der Waals surface area contributed by atoms with Crippen molar-refractivity contribution in [2.75, 3.05) is 18.5 Å². The molecule has 1 amide bonds. The number of rotatable bonds is 5. The van der Waals surface area contributed by atoms with Crippen LogP contribution in [0.1, 0.15) is 34.3 Å². The number of carbonyl (C=O) groups excluding carboxylic acids is 1. The molecule has 5 nitrogen and oxygen atoms in total. The Morgan fingerprint density at radius 2 is 2.00 bits per heavy atom. The van der Waals surface area contributed by atoms with E-state index in [9.17, 15) is 15.2 Å². The number of anilines is 1. The van der Waals surface area contributed by atoms with Gasteiger partial charge in [0.05, 0.1) is 29.8 Å². The second-order valence-electron chi connectivity index (χ2n) is 6.15. The summed E-state index contributed by atoms with van der Waals surface area (Å²) in [5, 5.41) is 21.9. The minimum atomic E-state index is -0.0973. The third kappa shape index (κ3) is 3.65. The van der Waals surface area contributed by atoms with Crippen LogP contribution in [-0.4, -0.2) is 35.1 Å². The molecule has 0 aliphatic carbocycles. The summed E-state index contributed by atoms with van der Waals surface area (Å²) in [6, 6.07) is 16.9. The summed E-state index contributed by atoms with van der Waals surface area (Å²) in [5.41, 5.74) is 2.85. The number of likely N-dealkylation sites (tertiary alicyclic amines) is 1. The molecular formula is C20H21N3O2. The van der Waals surface area contributed by atoms with E-state index < -0.39 is 0 Å². The molecule has 3 rings (SSSR count). The van der Waals surface area contributed by atoms with Crippen LogP contribution < -0.4 is 5.32 Å². The fourth-order valence-corrected chi connectivity index (χ4v) is 3.25. The summed E-state index contributed by atoms with van der Waals surface area (Å²) in [6.45, 7) is 1.14. The van der Waals surface area contributed by atoms with Gasteiger partial charge in [0.2, 0.25) is 0 Å². The largest absolute Gasteiger partial charge is 0.394 e. The molecule has 1 saturated heterocycles. The molecule has 1 aliphatic heterocycles. The Morgan fingerprint density at radius 1 is 1.24 bits per heavy atom. The lowest BCUT2D eigenvalue weighted by Gasteiger charge is -2.24. The van der Waals surface area contributed by atoms with Crippen LogP contribution in [-0.2, 0) is 6.54 Å². The number of para-hydroxylation sites is 1. The van der Waals surface area contributed by atoms with Crippen LogP contribution in [0.15, 0.2) is 48.5 Å². The number of aliphatic hydroxyl groups is 1. The molecule has 0 spiro atoms. The van der Waals surface area contributed by atoms with Crippen LogP contribution in [0.5, 0.6) is 0 Å². The molecule has 1 atom stereocenters. The Balaban J connectivity index is 1.79. The molecule has 2 N–H and O–H groups in total. The van der Waals surface area contributed by atoms with Gasteiger partial charge in [-0.05, 0) is 36.6 Å². The predicted octanol–water partition coefficient (Wildman–Crippen LogP) is 2.77. The maximum Gasteiger partial charge on any atom is 0.256 e. The second-order valence-corrected chi connectivity index (χ2v) is 6.15. The number of hydrogen-bond donors (Lipinski definition) is 2. The lowest BCUT2D eigenvalue weighted by atomic mass is 10.1. The van der Waals surface area contributed by atoms with Gasteiger partial charge in [0.25, 0.3) is 5.91 Å². The molecule has 2 aromatic carbocycles. The molecule has 1 unspecified atom stereocenters. The molecule has 0 saturated carbocycles. The number of amides is 1. The number of carbonyl (C=O) groups is 1. The Labute approximate surface area is 147 Å². The molecule has 5 heteroatoms. The lowest BCUT2D eigenvalue weighted by Crippen LogP contribution is -2.37. The number of nitrogens with zero attached hydrogens (tertiary/aromatic N) is 2. The molecule has 0 radical (unpaired) electrons. The number of aliphatic hydroxyl groups excluding tert-OH is 1. The zero-order chi connectivity index (χ0) is 17.6. The summed E-state index contributed by atoms with van der Waals surface area (Å²) in [7, 11) is 0. The summed E-state index contributed by atoms with van der Waals surface area (Å²) in [5.74, 6) is -0.0618. The SMILES string of the molecule is N#Cc1ccccc1CNc1ccccc1C(=O)N1CCCC1CO. The van der Waals surface area contributed by atoms with Crippen LogP contribution in [0.3, 0.4) is 0 Å². The highest BCUT2D eigenvalue weighted by atomic mass is 16.3. The molecule has 1 fully saturated rings. The fraction of sp³-hybridized carbons (Fsp3) is 0.300. The molecule has 128 valence electrons. The standard InChI is InChI=1S/C20H21N3O2/c21-12-15-6-1-2-7-16(15)13-22-19-10-4-3-9-18(19)20(25)23-11-5-8-17(23)14-24/h1-4,6-7,9-10,17,22,24H,5,8,11,13-14H2. The van der Waals surface area contributed by atoms with Crippen LogP contribution in [0.2, 0.25) is 0 Å². The van der Waals surface area contributed by atoms with Crippen LogP contribution >= 0.6 is 0 Å². The Morgan fingerprint density at radius 3 is 2.80 bits per heavy atom. The van der Waals surface area contributed by atoms with Crippen LogP contribution in [0.4, 0.5) is 5.69 Å². The molecule has 1 heterocycles. The van der Waals surface area contributed by atoms with E-state index in [-0.39, 0.29) is 18.6 Å². The fourth-order valence-electron chi connectivity index (χ4n) is 3.25.